The first-order chi connectivity index (χ1) is 17.9. The number of nitro groups is 1. The number of hydrogen-bond acceptors (Lipinski definition) is 6. The first-order valence-corrected chi connectivity index (χ1v) is 12.1. The van der Waals surface area contributed by atoms with Crippen LogP contribution in [-0.2, 0) is 16.1 Å². The summed E-state index contributed by atoms with van der Waals surface area (Å²) in [5.41, 5.74) is 1.71. The smallest absolute Gasteiger partial charge is 0.294 e. The molecular weight excluding hydrogens is 492 g/mol. The summed E-state index contributed by atoms with van der Waals surface area (Å²) in [4.78, 5) is 50.3. The second kappa shape index (κ2) is 10.1. The Hall–Kier alpha value is -4.70. The third-order valence-electron chi connectivity index (χ3n) is 5.91. The van der Waals surface area contributed by atoms with Crippen molar-refractivity contribution in [3.05, 3.63) is 111 Å². The summed E-state index contributed by atoms with van der Waals surface area (Å²) in [6.45, 7) is -0.199. The van der Waals surface area contributed by atoms with Gasteiger partial charge in [0.25, 0.3) is 16.8 Å². The van der Waals surface area contributed by atoms with Crippen LogP contribution in [0, 0.1) is 10.1 Å². The maximum absolute atomic E-state index is 13.0. The van der Waals surface area contributed by atoms with Crippen LogP contribution in [0.25, 0.3) is 16.8 Å². The standard InChI is InChI=1S/C27H20N4O5S/c32-25(28-22-12-5-9-18-7-1-3-11-21(18)22)17-30-26(33)24(37-27(30)34)15-20-10-6-14-29(20)16-19-8-2-4-13-23(19)31(35)36/h1-15H,16-17H2,(H,28,32)/b24-15+. The molecule has 2 heterocycles. The molecule has 184 valence electrons. The van der Waals surface area contributed by atoms with Crippen molar-refractivity contribution in [3.63, 3.8) is 0 Å². The Labute approximate surface area is 215 Å². The largest absolute Gasteiger partial charge is 0.343 e. The fourth-order valence-electron chi connectivity index (χ4n) is 4.15. The highest BCUT2D eigenvalue weighted by Crippen LogP contribution is 2.33. The molecule has 1 saturated heterocycles. The number of carbonyl (C=O) groups is 3. The summed E-state index contributed by atoms with van der Waals surface area (Å²) < 4.78 is 1.75. The zero-order valence-corrected chi connectivity index (χ0v) is 20.2. The molecule has 1 aliphatic heterocycles. The van der Waals surface area contributed by atoms with E-state index in [1.807, 2.05) is 36.4 Å². The van der Waals surface area contributed by atoms with Crippen LogP contribution in [0.4, 0.5) is 16.2 Å². The zero-order valence-electron chi connectivity index (χ0n) is 19.4. The summed E-state index contributed by atoms with van der Waals surface area (Å²) in [6, 6.07) is 23.0. The van der Waals surface area contributed by atoms with Gasteiger partial charge in [-0.25, -0.2) is 0 Å². The van der Waals surface area contributed by atoms with Gasteiger partial charge in [0.1, 0.15) is 6.54 Å². The Balaban J connectivity index is 1.31. The highest BCUT2D eigenvalue weighted by Gasteiger charge is 2.36. The van der Waals surface area contributed by atoms with E-state index in [9.17, 15) is 24.5 Å². The molecule has 1 fully saturated rings. The second-order valence-corrected chi connectivity index (χ2v) is 9.28. The van der Waals surface area contributed by atoms with E-state index in [0.29, 0.717) is 16.9 Å². The predicted octanol–water partition coefficient (Wildman–Crippen LogP) is 5.27. The topological polar surface area (TPSA) is 115 Å². The Kier molecular flexibility index (Phi) is 6.57. The number of thioether (sulfide) groups is 1. The number of benzene rings is 3. The Morgan fingerprint density at radius 3 is 2.57 bits per heavy atom. The van der Waals surface area contributed by atoms with E-state index in [0.717, 1.165) is 27.4 Å². The molecule has 4 aromatic rings. The molecule has 0 saturated carbocycles. The van der Waals surface area contributed by atoms with Crippen molar-refractivity contribution >= 4 is 57.0 Å². The number of aromatic nitrogens is 1. The number of fused-ring (bicyclic) bond motifs is 1. The van der Waals surface area contributed by atoms with Crippen molar-refractivity contribution in [1.29, 1.82) is 0 Å². The number of anilines is 1. The van der Waals surface area contributed by atoms with Gasteiger partial charge in [-0.15, -0.1) is 0 Å². The molecule has 1 aliphatic rings. The van der Waals surface area contributed by atoms with Crippen molar-refractivity contribution in [2.24, 2.45) is 0 Å². The van der Waals surface area contributed by atoms with Crippen LogP contribution in [-0.4, -0.2) is 38.0 Å². The number of amides is 3. The molecule has 1 N–H and O–H groups in total. The highest BCUT2D eigenvalue weighted by molar-refractivity contribution is 8.18. The summed E-state index contributed by atoms with van der Waals surface area (Å²) >= 11 is 0.751. The molecule has 3 aromatic carbocycles. The van der Waals surface area contributed by atoms with Crippen molar-refractivity contribution < 1.29 is 19.3 Å². The Morgan fingerprint density at radius 2 is 1.73 bits per heavy atom. The number of nitrogens with zero attached hydrogens (tertiary/aromatic N) is 3. The molecule has 0 spiro atoms. The number of rotatable bonds is 7. The van der Waals surface area contributed by atoms with E-state index in [4.69, 9.17) is 0 Å². The third-order valence-corrected chi connectivity index (χ3v) is 6.82. The quantitative estimate of drug-likeness (QED) is 0.205. The summed E-state index contributed by atoms with van der Waals surface area (Å²) in [5, 5.41) is 15.4. The maximum atomic E-state index is 13.0. The number of imide groups is 1. The highest BCUT2D eigenvalue weighted by atomic mass is 32.2. The number of hydrogen-bond donors (Lipinski definition) is 1. The van der Waals surface area contributed by atoms with Gasteiger partial charge in [-0.05, 0) is 41.4 Å². The molecule has 37 heavy (non-hydrogen) atoms. The van der Waals surface area contributed by atoms with Crippen LogP contribution in [0.3, 0.4) is 0 Å². The lowest BCUT2D eigenvalue weighted by molar-refractivity contribution is -0.385. The van der Waals surface area contributed by atoms with Crippen LogP contribution < -0.4 is 5.32 Å². The number of carbonyl (C=O) groups excluding carboxylic acids is 3. The molecule has 3 amide bonds. The summed E-state index contributed by atoms with van der Waals surface area (Å²) in [5.74, 6) is -1.05. The molecule has 0 bridgehead atoms. The number of para-hydroxylation sites is 1. The van der Waals surface area contributed by atoms with E-state index < -0.39 is 28.5 Å². The molecule has 5 rings (SSSR count). The second-order valence-electron chi connectivity index (χ2n) is 8.29. The summed E-state index contributed by atoms with van der Waals surface area (Å²) in [6.07, 6.45) is 3.30. The van der Waals surface area contributed by atoms with Crippen LogP contribution in [0.2, 0.25) is 0 Å². The normalized spacial score (nSPS) is 14.5. The number of nitrogens with one attached hydrogen (secondary N) is 1. The van der Waals surface area contributed by atoms with Crippen molar-refractivity contribution in [2.75, 3.05) is 11.9 Å². The summed E-state index contributed by atoms with van der Waals surface area (Å²) in [7, 11) is 0. The van der Waals surface area contributed by atoms with E-state index in [2.05, 4.69) is 5.32 Å². The van der Waals surface area contributed by atoms with Crippen LogP contribution in [0.1, 0.15) is 11.3 Å². The Morgan fingerprint density at radius 1 is 0.973 bits per heavy atom. The average Bonchev–Trinajstić information content (AvgIpc) is 3.43. The van der Waals surface area contributed by atoms with Gasteiger partial charge in [-0.3, -0.25) is 29.4 Å². The molecule has 10 heteroatoms. The Bertz CT molecular complexity index is 1590. The lowest BCUT2D eigenvalue weighted by Crippen LogP contribution is -2.36. The van der Waals surface area contributed by atoms with Crippen LogP contribution >= 0.6 is 11.8 Å². The first kappa shape index (κ1) is 24.0. The minimum absolute atomic E-state index is 0.000296. The van der Waals surface area contributed by atoms with E-state index in [-0.39, 0.29) is 17.1 Å². The predicted molar refractivity (Wildman–Crippen MR) is 142 cm³/mol. The zero-order chi connectivity index (χ0) is 25.9. The van der Waals surface area contributed by atoms with Gasteiger partial charge >= 0.3 is 0 Å². The van der Waals surface area contributed by atoms with Gasteiger partial charge in [-0.2, -0.15) is 0 Å². The van der Waals surface area contributed by atoms with Gasteiger partial charge in [0.05, 0.1) is 16.4 Å². The minimum Gasteiger partial charge on any atom is -0.343 e. The van der Waals surface area contributed by atoms with Gasteiger partial charge < -0.3 is 9.88 Å². The molecule has 0 atom stereocenters. The van der Waals surface area contributed by atoms with Gasteiger partial charge in [0, 0.05) is 34.6 Å². The fraction of sp³-hybridized carbons (Fsp3) is 0.0741. The van der Waals surface area contributed by atoms with E-state index >= 15 is 0 Å². The molecule has 0 radical (unpaired) electrons. The van der Waals surface area contributed by atoms with Crippen molar-refractivity contribution in [1.82, 2.24) is 9.47 Å². The molecule has 9 nitrogen and oxygen atoms in total. The van der Waals surface area contributed by atoms with Crippen LogP contribution in [0.15, 0.2) is 90.0 Å². The van der Waals surface area contributed by atoms with Crippen molar-refractivity contribution in [3.8, 4) is 0 Å². The maximum Gasteiger partial charge on any atom is 0.294 e. The van der Waals surface area contributed by atoms with Gasteiger partial charge in [-0.1, -0.05) is 54.6 Å². The minimum atomic E-state index is -0.568. The van der Waals surface area contributed by atoms with E-state index in [1.165, 1.54) is 6.07 Å². The molecule has 0 unspecified atom stereocenters. The SMILES string of the molecule is O=C(CN1C(=O)S/C(=C/c2cccn2Cc2ccccc2[N+](=O)[O-])C1=O)Nc1cccc2ccccc12. The molecule has 0 aliphatic carbocycles. The number of nitro benzene ring substituents is 1. The van der Waals surface area contributed by atoms with Crippen LogP contribution in [0.5, 0.6) is 0 Å². The van der Waals surface area contributed by atoms with Gasteiger partial charge in [0.15, 0.2) is 0 Å². The lowest BCUT2D eigenvalue weighted by Gasteiger charge is -2.13. The van der Waals surface area contributed by atoms with Gasteiger partial charge in [0.2, 0.25) is 5.91 Å². The van der Waals surface area contributed by atoms with E-state index in [1.54, 1.807) is 53.2 Å². The van der Waals surface area contributed by atoms with Crippen molar-refractivity contribution in [2.45, 2.75) is 6.54 Å². The average molecular weight is 513 g/mol. The fourth-order valence-corrected chi connectivity index (χ4v) is 4.97. The monoisotopic (exact) mass is 512 g/mol. The first-order valence-electron chi connectivity index (χ1n) is 11.3. The lowest BCUT2D eigenvalue weighted by atomic mass is 10.1. The molecular formula is C27H20N4O5S. The molecule has 1 aromatic heterocycles. The third kappa shape index (κ3) is 5.00.